The Balaban J connectivity index is 1.23. The molecule has 1 aliphatic heterocycles. The molecule has 0 atom stereocenters. The summed E-state index contributed by atoms with van der Waals surface area (Å²) in [4.78, 5) is 0. The fraction of sp³-hybridized carbons (Fsp3) is 0.243. The summed E-state index contributed by atoms with van der Waals surface area (Å²) < 4.78 is 37.6. The fourth-order valence-electron chi connectivity index (χ4n) is 4.80. The third-order valence-corrected chi connectivity index (χ3v) is 7.95. The zero-order chi connectivity index (χ0) is 30.0. The number of hydrogen-bond donors (Lipinski definition) is 0. The van der Waals surface area contributed by atoms with E-state index >= 15 is 0 Å². The number of hydrogen-bond acceptors (Lipinski definition) is 7. The number of rotatable bonds is 13. The van der Waals surface area contributed by atoms with Crippen LogP contribution >= 0.6 is 11.3 Å². The molecule has 0 fully saturated rings. The van der Waals surface area contributed by atoms with Crippen molar-refractivity contribution < 1.29 is 28.4 Å². The molecule has 6 rings (SSSR count). The number of fused-ring (bicyclic) bond motifs is 1. The van der Waals surface area contributed by atoms with E-state index in [1.807, 2.05) is 114 Å². The van der Waals surface area contributed by atoms with Gasteiger partial charge < -0.3 is 28.4 Å². The molecule has 5 aromatic rings. The van der Waals surface area contributed by atoms with Gasteiger partial charge in [-0.25, -0.2) is 0 Å². The predicted octanol–water partition coefficient (Wildman–Crippen LogP) is 8.48. The van der Waals surface area contributed by atoms with E-state index in [-0.39, 0.29) is 5.41 Å². The van der Waals surface area contributed by atoms with Crippen molar-refractivity contribution in [2.75, 3.05) is 19.8 Å². The van der Waals surface area contributed by atoms with Gasteiger partial charge in [0.05, 0.1) is 31.8 Å². The van der Waals surface area contributed by atoms with Gasteiger partial charge in [-0.3, -0.25) is 0 Å². The molecule has 0 saturated heterocycles. The Morgan fingerprint density at radius 2 is 1.05 bits per heavy atom. The lowest BCUT2D eigenvalue weighted by Crippen LogP contribution is -2.35. The van der Waals surface area contributed by atoms with Gasteiger partial charge in [0.2, 0.25) is 5.75 Å². The van der Waals surface area contributed by atoms with Gasteiger partial charge in [0.15, 0.2) is 23.0 Å². The minimum absolute atomic E-state index is 0.297. The summed E-state index contributed by atoms with van der Waals surface area (Å²) in [5, 5.41) is 3.94. The Labute approximate surface area is 262 Å². The molecule has 1 aliphatic rings. The maximum Gasteiger partial charge on any atom is 0.203 e. The number of thiophene rings is 1. The van der Waals surface area contributed by atoms with E-state index in [9.17, 15) is 0 Å². The Kier molecular flexibility index (Phi) is 9.65. The summed E-state index contributed by atoms with van der Waals surface area (Å²) in [6.45, 7) is 5.13. The first-order chi connectivity index (χ1) is 21.6. The highest BCUT2D eigenvalue weighted by Gasteiger charge is 2.31. The predicted molar refractivity (Wildman–Crippen MR) is 172 cm³/mol. The molecule has 0 aliphatic carbocycles. The van der Waals surface area contributed by atoms with Crippen LogP contribution in [0.15, 0.2) is 114 Å². The van der Waals surface area contributed by atoms with Crippen molar-refractivity contribution in [3.63, 3.8) is 0 Å². The van der Waals surface area contributed by atoms with Crippen LogP contribution in [0.5, 0.6) is 28.7 Å². The van der Waals surface area contributed by atoms with Crippen molar-refractivity contribution in [1.29, 1.82) is 0 Å². The summed E-state index contributed by atoms with van der Waals surface area (Å²) in [5.41, 5.74) is 3.79. The lowest BCUT2D eigenvalue weighted by atomic mass is 9.94. The van der Waals surface area contributed by atoms with E-state index < -0.39 is 0 Å². The molecular weight excluding hydrogens is 572 g/mol. The molecule has 0 radical (unpaired) electrons. The topological polar surface area (TPSA) is 55.4 Å². The van der Waals surface area contributed by atoms with Crippen molar-refractivity contribution in [2.45, 2.75) is 33.4 Å². The molecule has 44 heavy (non-hydrogen) atoms. The first-order valence-corrected chi connectivity index (χ1v) is 15.6. The van der Waals surface area contributed by atoms with Gasteiger partial charge in [-0.2, -0.15) is 0 Å². The van der Waals surface area contributed by atoms with Gasteiger partial charge in [0, 0.05) is 10.8 Å². The molecule has 2 heterocycles. The van der Waals surface area contributed by atoms with Crippen molar-refractivity contribution in [2.24, 2.45) is 5.41 Å². The normalized spacial score (nSPS) is 13.6. The van der Waals surface area contributed by atoms with Crippen LogP contribution in [-0.2, 0) is 31.2 Å². The van der Waals surface area contributed by atoms with Crippen molar-refractivity contribution in [1.82, 2.24) is 0 Å². The molecule has 1 aromatic heterocycles. The standard InChI is InChI=1S/C37H36O6S/c1-37(26-42-34-23-44-24-35(34)43-27-37)25-38-19-31-17-32(39-20-28-11-5-2-6-12-28)36(41-22-30-15-9-4-10-16-30)33(18-31)40-21-29-13-7-3-8-14-29/h2-18,23-24H,19-22,25-27H2,1H3. The summed E-state index contributed by atoms with van der Waals surface area (Å²) in [7, 11) is 0. The first kappa shape index (κ1) is 29.6. The van der Waals surface area contributed by atoms with Crippen LogP contribution < -0.4 is 23.7 Å². The molecule has 0 spiro atoms. The summed E-state index contributed by atoms with van der Waals surface area (Å²) in [5.74, 6) is 3.36. The van der Waals surface area contributed by atoms with Crippen LogP contribution in [0.25, 0.3) is 0 Å². The van der Waals surface area contributed by atoms with Gasteiger partial charge in [-0.15, -0.1) is 11.3 Å². The van der Waals surface area contributed by atoms with E-state index in [1.54, 1.807) is 11.3 Å². The molecule has 0 bridgehead atoms. The highest BCUT2D eigenvalue weighted by atomic mass is 32.1. The van der Waals surface area contributed by atoms with Crippen LogP contribution in [0.4, 0.5) is 0 Å². The summed E-state index contributed by atoms with van der Waals surface area (Å²) >= 11 is 1.58. The second kappa shape index (κ2) is 14.3. The molecule has 7 heteroatoms. The van der Waals surface area contributed by atoms with Gasteiger partial charge in [-0.1, -0.05) is 97.9 Å². The van der Waals surface area contributed by atoms with Crippen molar-refractivity contribution in [3.05, 3.63) is 136 Å². The molecule has 226 valence electrons. The average Bonchev–Trinajstić information content (AvgIpc) is 3.47. The lowest BCUT2D eigenvalue weighted by Gasteiger charge is -2.26. The SMILES string of the molecule is CC1(COCc2cc(OCc3ccccc3)c(OCc3ccccc3)c(OCc3ccccc3)c2)COc2cscc2OC1. The zero-order valence-electron chi connectivity index (χ0n) is 24.8. The third-order valence-electron chi connectivity index (χ3n) is 7.25. The van der Waals surface area contributed by atoms with Crippen molar-refractivity contribution >= 4 is 11.3 Å². The third kappa shape index (κ3) is 7.92. The van der Waals surface area contributed by atoms with Crippen LogP contribution in [-0.4, -0.2) is 19.8 Å². The maximum atomic E-state index is 6.42. The van der Waals surface area contributed by atoms with E-state index in [1.165, 1.54) is 0 Å². The monoisotopic (exact) mass is 608 g/mol. The molecular formula is C37H36O6S. The average molecular weight is 609 g/mol. The Hall–Kier alpha value is -4.46. The van der Waals surface area contributed by atoms with E-state index in [2.05, 4.69) is 6.92 Å². The molecule has 0 amide bonds. The first-order valence-electron chi connectivity index (χ1n) is 14.7. The van der Waals surface area contributed by atoms with E-state index in [4.69, 9.17) is 28.4 Å². The molecule has 0 N–H and O–H groups in total. The molecule has 6 nitrogen and oxygen atoms in total. The van der Waals surface area contributed by atoms with Crippen molar-refractivity contribution in [3.8, 4) is 28.7 Å². The van der Waals surface area contributed by atoms with Crippen LogP contribution in [0, 0.1) is 5.41 Å². The highest BCUT2D eigenvalue weighted by Crippen LogP contribution is 2.41. The number of ether oxygens (including phenoxy) is 6. The lowest BCUT2D eigenvalue weighted by molar-refractivity contribution is -0.000639. The van der Waals surface area contributed by atoms with Crippen LogP contribution in [0.2, 0.25) is 0 Å². The smallest absolute Gasteiger partial charge is 0.203 e. The Morgan fingerprint density at radius 3 is 1.52 bits per heavy atom. The molecule has 0 unspecified atom stereocenters. The second-order valence-electron chi connectivity index (χ2n) is 11.2. The zero-order valence-corrected chi connectivity index (χ0v) is 25.6. The second-order valence-corrected chi connectivity index (χ2v) is 12.0. The Morgan fingerprint density at radius 1 is 0.591 bits per heavy atom. The van der Waals surface area contributed by atoms with E-state index in [0.29, 0.717) is 63.5 Å². The largest absolute Gasteiger partial charge is 0.488 e. The van der Waals surface area contributed by atoms with Crippen LogP contribution in [0.3, 0.4) is 0 Å². The molecule has 0 saturated carbocycles. The minimum Gasteiger partial charge on any atom is -0.488 e. The fourth-order valence-corrected chi connectivity index (χ4v) is 5.48. The van der Waals surface area contributed by atoms with Gasteiger partial charge in [0.25, 0.3) is 0 Å². The summed E-state index contributed by atoms with van der Waals surface area (Å²) in [6.07, 6.45) is 0. The van der Waals surface area contributed by atoms with E-state index in [0.717, 1.165) is 33.8 Å². The van der Waals surface area contributed by atoms with Crippen LogP contribution in [0.1, 0.15) is 29.2 Å². The van der Waals surface area contributed by atoms with Gasteiger partial charge in [-0.05, 0) is 34.4 Å². The maximum absolute atomic E-state index is 6.42. The van der Waals surface area contributed by atoms with Gasteiger partial charge >= 0.3 is 0 Å². The van der Waals surface area contributed by atoms with Gasteiger partial charge in [0.1, 0.15) is 19.8 Å². The molecule has 4 aromatic carbocycles. The number of benzene rings is 4. The highest BCUT2D eigenvalue weighted by molar-refractivity contribution is 7.08. The quantitative estimate of drug-likeness (QED) is 0.134. The minimum atomic E-state index is -0.297. The Bertz CT molecular complexity index is 1520. The summed E-state index contributed by atoms with van der Waals surface area (Å²) in [6, 6.07) is 34.2.